The molecule has 0 aliphatic heterocycles. The van der Waals surface area contributed by atoms with Crippen molar-refractivity contribution in [2.45, 2.75) is 13.1 Å². The van der Waals surface area contributed by atoms with E-state index in [1.54, 1.807) is 35.6 Å². The Morgan fingerprint density at radius 2 is 1.11 bits per heavy atom. The third-order valence-electron chi connectivity index (χ3n) is 2.32. The fraction of sp³-hybridized carbons (Fsp3) is 0.455. The van der Waals surface area contributed by atoms with E-state index >= 15 is 0 Å². The Hall–Kier alpha value is -2.04. The smallest absolute Gasteiger partial charge is 0.387 e. The fourth-order valence-electron chi connectivity index (χ4n) is 1.35. The SMILES string of the molecule is C[n+]1ccn(C(F)F)c1.C[n+]1ccn(C(F)F)c1.O=S(=O)([O-])CS(=O)(=O)[O-]. The van der Waals surface area contributed by atoms with Gasteiger partial charge in [-0.2, -0.15) is 26.7 Å². The van der Waals surface area contributed by atoms with Crippen LogP contribution >= 0.6 is 0 Å². The van der Waals surface area contributed by atoms with E-state index in [-0.39, 0.29) is 0 Å². The summed E-state index contributed by atoms with van der Waals surface area (Å²) in [5.41, 5.74) is 0. The molecule has 0 fully saturated rings. The van der Waals surface area contributed by atoms with Crippen molar-refractivity contribution < 1.29 is 52.6 Å². The van der Waals surface area contributed by atoms with Crippen LogP contribution in [0.25, 0.3) is 0 Å². The van der Waals surface area contributed by atoms with Crippen molar-refractivity contribution in [1.29, 1.82) is 0 Å². The second-order valence-electron chi connectivity index (χ2n) is 4.84. The normalized spacial score (nSPS) is 11.6. The predicted octanol–water partition coefficient (Wildman–Crippen LogP) is -0.550. The van der Waals surface area contributed by atoms with E-state index < -0.39 is 38.4 Å². The summed E-state index contributed by atoms with van der Waals surface area (Å²) in [6.45, 7) is -4.85. The zero-order valence-corrected chi connectivity index (χ0v) is 15.5. The van der Waals surface area contributed by atoms with Crippen LogP contribution in [-0.4, -0.2) is 40.2 Å². The number of hydrogen-bond donors (Lipinski definition) is 0. The molecule has 0 radical (unpaired) electrons. The van der Waals surface area contributed by atoms with Gasteiger partial charge in [-0.1, -0.05) is 0 Å². The maximum Gasteiger partial charge on any atom is 0.387 e. The molecule has 0 aliphatic carbocycles. The Balaban J connectivity index is 0.000000376. The molecule has 156 valence electrons. The molecule has 0 bridgehead atoms. The Morgan fingerprint density at radius 1 is 0.815 bits per heavy atom. The molecule has 16 heteroatoms. The lowest BCUT2D eigenvalue weighted by Gasteiger charge is -2.08. The van der Waals surface area contributed by atoms with E-state index in [0.29, 0.717) is 0 Å². The van der Waals surface area contributed by atoms with Crippen LogP contribution in [0.1, 0.15) is 13.1 Å². The van der Waals surface area contributed by atoms with Crippen LogP contribution in [0.2, 0.25) is 0 Å². The first-order valence-corrected chi connectivity index (χ1v) is 9.75. The molecule has 0 unspecified atom stereocenters. The van der Waals surface area contributed by atoms with Gasteiger partial charge in [0.05, 0.1) is 14.1 Å². The lowest BCUT2D eigenvalue weighted by molar-refractivity contribution is -0.671. The van der Waals surface area contributed by atoms with Gasteiger partial charge in [0.25, 0.3) is 0 Å². The van der Waals surface area contributed by atoms with Crippen molar-refractivity contribution in [1.82, 2.24) is 9.13 Å². The molecule has 0 N–H and O–H groups in total. The maximum atomic E-state index is 11.7. The second kappa shape index (κ2) is 10.3. The first-order chi connectivity index (χ1) is 12.1. The molecule has 0 atom stereocenters. The number of rotatable bonds is 4. The van der Waals surface area contributed by atoms with Crippen LogP contribution in [0.3, 0.4) is 0 Å². The minimum atomic E-state index is -4.93. The average molecular weight is 440 g/mol. The van der Waals surface area contributed by atoms with Gasteiger partial charge in [-0.15, -0.1) is 0 Å². The van der Waals surface area contributed by atoms with E-state index in [1.807, 2.05) is 0 Å². The van der Waals surface area contributed by atoms with Gasteiger partial charge in [0.2, 0.25) is 12.7 Å². The summed E-state index contributed by atoms with van der Waals surface area (Å²) in [7, 11) is -6.48. The number of hydrogen-bond acceptors (Lipinski definition) is 6. The van der Waals surface area contributed by atoms with Crippen molar-refractivity contribution in [3.05, 3.63) is 37.4 Å². The third-order valence-corrected chi connectivity index (χ3v) is 4.63. The van der Waals surface area contributed by atoms with Gasteiger partial charge >= 0.3 is 13.1 Å². The quantitative estimate of drug-likeness (QED) is 0.356. The van der Waals surface area contributed by atoms with E-state index in [1.165, 1.54) is 25.0 Å². The van der Waals surface area contributed by atoms with E-state index in [9.17, 15) is 43.5 Å². The number of halogens is 4. The highest BCUT2D eigenvalue weighted by Crippen LogP contribution is 2.06. The zero-order valence-electron chi connectivity index (χ0n) is 13.9. The molecule has 0 aliphatic rings. The highest BCUT2D eigenvalue weighted by Gasteiger charge is 2.10. The number of aryl methyl sites for hydroxylation is 2. The first kappa shape index (κ1) is 25.0. The Morgan fingerprint density at radius 3 is 1.19 bits per heavy atom. The molecule has 10 nitrogen and oxygen atoms in total. The molecule has 0 amide bonds. The van der Waals surface area contributed by atoms with E-state index in [4.69, 9.17) is 0 Å². The fourth-order valence-corrected chi connectivity index (χ4v) is 2.76. The Kier molecular flexibility index (Phi) is 9.55. The highest BCUT2D eigenvalue weighted by molar-refractivity contribution is 8.02. The largest absolute Gasteiger partial charge is 0.747 e. The van der Waals surface area contributed by atoms with Gasteiger partial charge in [0.1, 0.15) is 50.1 Å². The minimum absolute atomic E-state index is 0.833. The van der Waals surface area contributed by atoms with Crippen LogP contribution < -0.4 is 9.13 Å². The van der Waals surface area contributed by atoms with Gasteiger partial charge < -0.3 is 9.11 Å². The summed E-state index contributed by atoms with van der Waals surface area (Å²) in [4.78, 5) is 0. The molecule has 0 saturated carbocycles. The van der Waals surface area contributed by atoms with Crippen LogP contribution in [0.5, 0.6) is 0 Å². The van der Waals surface area contributed by atoms with Gasteiger partial charge in [0.15, 0.2) is 0 Å². The highest BCUT2D eigenvalue weighted by atomic mass is 32.3. The summed E-state index contributed by atoms with van der Waals surface area (Å²) in [6, 6.07) is 0. The van der Waals surface area contributed by atoms with Gasteiger partial charge in [-0.25, -0.2) is 26.0 Å². The molecule has 0 spiro atoms. The Labute approximate surface area is 152 Å². The molecule has 0 saturated heterocycles. The molecule has 2 aromatic heterocycles. The summed E-state index contributed by atoms with van der Waals surface area (Å²) in [5.74, 6) is 0. The van der Waals surface area contributed by atoms with Gasteiger partial charge in [-0.05, 0) is 0 Å². The van der Waals surface area contributed by atoms with Gasteiger partial charge in [-0.3, -0.25) is 0 Å². The topological polar surface area (TPSA) is 132 Å². The third kappa shape index (κ3) is 12.9. The average Bonchev–Trinajstić information content (AvgIpc) is 3.04. The van der Waals surface area contributed by atoms with E-state index in [2.05, 4.69) is 0 Å². The first-order valence-electron chi connectivity index (χ1n) is 6.59. The van der Waals surface area contributed by atoms with Crippen LogP contribution in [-0.2, 0) is 34.3 Å². The lowest BCUT2D eigenvalue weighted by atomic mass is 10.9. The molecular formula is C11H16F4N4O6S2. The van der Waals surface area contributed by atoms with Crippen LogP contribution in [0, 0.1) is 0 Å². The molecule has 2 rings (SSSR count). The Bertz CT molecular complexity index is 837. The standard InChI is InChI=1S/2C5H7F2N2.CH4O6S2/c2*1-8-2-3-9(4-8)5(6)7;2-8(3,4)1-9(5,6)7/h2*2-5H,1H3;1H2,(H,2,3,4)(H,5,6,7)/q2*+1;/p-2. The molecule has 2 heterocycles. The monoisotopic (exact) mass is 440 g/mol. The lowest BCUT2D eigenvalue weighted by Crippen LogP contribution is -2.23. The van der Waals surface area contributed by atoms with Gasteiger partial charge in [0, 0.05) is 0 Å². The summed E-state index contributed by atoms with van der Waals surface area (Å²) in [6.07, 6.45) is 8.42. The molecule has 0 aromatic carbocycles. The number of aromatic nitrogens is 4. The number of alkyl halides is 4. The summed E-state index contributed by atoms with van der Waals surface area (Å²) in [5, 5.41) is -1.88. The maximum absolute atomic E-state index is 11.7. The zero-order chi connectivity index (χ0) is 21.4. The molecule has 27 heavy (non-hydrogen) atoms. The van der Waals surface area contributed by atoms with Crippen molar-refractivity contribution in [3.63, 3.8) is 0 Å². The van der Waals surface area contributed by atoms with Crippen molar-refractivity contribution >= 4 is 20.2 Å². The van der Waals surface area contributed by atoms with Crippen molar-refractivity contribution in [3.8, 4) is 0 Å². The van der Waals surface area contributed by atoms with Crippen LogP contribution in [0.4, 0.5) is 17.6 Å². The number of imidazole rings is 2. The number of nitrogens with zero attached hydrogens (tertiary/aromatic N) is 4. The van der Waals surface area contributed by atoms with Crippen LogP contribution in [0.15, 0.2) is 37.4 Å². The molecular weight excluding hydrogens is 424 g/mol. The minimum Gasteiger partial charge on any atom is -0.747 e. The predicted molar refractivity (Wildman–Crippen MR) is 78.0 cm³/mol. The summed E-state index contributed by atoms with van der Waals surface area (Å²) < 4.78 is 109. The van der Waals surface area contributed by atoms with E-state index in [0.717, 1.165) is 9.13 Å². The second-order valence-corrected chi connectivity index (χ2v) is 8.01. The van der Waals surface area contributed by atoms with Crippen molar-refractivity contribution in [2.24, 2.45) is 14.1 Å². The summed E-state index contributed by atoms with van der Waals surface area (Å²) >= 11 is 0. The molecule has 2 aromatic rings. The van der Waals surface area contributed by atoms with Crippen molar-refractivity contribution in [2.75, 3.05) is 5.08 Å².